The number of halogens is 2. The van der Waals surface area contributed by atoms with E-state index >= 15 is 0 Å². The number of hydrogen-bond acceptors (Lipinski definition) is 5. The van der Waals surface area contributed by atoms with Gasteiger partial charge in [0.2, 0.25) is 10.0 Å². The number of morpholine rings is 1. The third-order valence-electron chi connectivity index (χ3n) is 4.37. The fourth-order valence-electron chi connectivity index (χ4n) is 2.78. The summed E-state index contributed by atoms with van der Waals surface area (Å²) in [6.45, 7) is 2.69. The first kappa shape index (κ1) is 21.4. The van der Waals surface area contributed by atoms with E-state index in [2.05, 4.69) is 10.5 Å². The minimum Gasteiger partial charge on any atom is -0.379 e. The molecule has 7 nitrogen and oxygen atoms in total. The van der Waals surface area contributed by atoms with Crippen LogP contribution < -0.4 is 5.43 Å². The smallest absolute Gasteiger partial charge is 0.271 e. The molecule has 2 aromatic rings. The highest BCUT2D eigenvalue weighted by Crippen LogP contribution is 2.19. The van der Waals surface area contributed by atoms with Gasteiger partial charge in [0.15, 0.2) is 5.82 Å². The number of ether oxygens (including phenoxy) is 1. The third-order valence-corrected chi connectivity index (χ3v) is 6.56. The molecule has 0 radical (unpaired) electrons. The lowest BCUT2D eigenvalue weighted by Crippen LogP contribution is -2.40. The summed E-state index contributed by atoms with van der Waals surface area (Å²) >= 11 is 5.75. The van der Waals surface area contributed by atoms with Crippen molar-refractivity contribution in [3.8, 4) is 0 Å². The van der Waals surface area contributed by atoms with Gasteiger partial charge in [-0.2, -0.15) is 9.41 Å². The molecule has 1 heterocycles. The van der Waals surface area contributed by atoms with Gasteiger partial charge in [-0.3, -0.25) is 4.79 Å². The molecule has 0 bridgehead atoms. The largest absolute Gasteiger partial charge is 0.379 e. The number of rotatable bonds is 5. The van der Waals surface area contributed by atoms with E-state index in [1.54, 1.807) is 6.07 Å². The molecule has 0 unspecified atom stereocenters. The maximum absolute atomic E-state index is 14.1. The van der Waals surface area contributed by atoms with Crippen molar-refractivity contribution in [2.75, 3.05) is 26.3 Å². The van der Waals surface area contributed by atoms with Crippen LogP contribution in [0.4, 0.5) is 4.39 Å². The average molecular weight is 440 g/mol. The Kier molecular flexibility index (Phi) is 6.63. The second-order valence-corrected chi connectivity index (χ2v) is 8.63. The molecule has 0 aromatic heterocycles. The lowest BCUT2D eigenvalue weighted by atomic mass is 10.1. The number of carbonyl (C=O) groups excluding carboxylic acids is 1. The van der Waals surface area contributed by atoms with E-state index in [0.717, 1.165) is 0 Å². The van der Waals surface area contributed by atoms with E-state index in [-0.39, 0.29) is 39.8 Å². The van der Waals surface area contributed by atoms with Crippen molar-refractivity contribution >= 4 is 33.2 Å². The van der Waals surface area contributed by atoms with Gasteiger partial charge >= 0.3 is 0 Å². The predicted octanol–water partition coefficient (Wildman–Crippen LogP) is 2.65. The number of sulfonamides is 1. The first-order valence-corrected chi connectivity index (χ1v) is 10.6. The van der Waals surface area contributed by atoms with Gasteiger partial charge in [0.25, 0.3) is 5.91 Å². The molecule has 0 atom stereocenters. The van der Waals surface area contributed by atoms with Crippen LogP contribution in [0.5, 0.6) is 0 Å². The molecule has 1 fully saturated rings. The van der Waals surface area contributed by atoms with Crippen LogP contribution in [0.3, 0.4) is 0 Å². The molecule has 2 aromatic carbocycles. The Morgan fingerprint density at radius 3 is 2.62 bits per heavy atom. The normalized spacial score (nSPS) is 15.9. The zero-order valence-electron chi connectivity index (χ0n) is 15.6. The van der Waals surface area contributed by atoms with Crippen LogP contribution in [0.25, 0.3) is 0 Å². The van der Waals surface area contributed by atoms with Gasteiger partial charge in [0.05, 0.1) is 28.8 Å². The molecule has 29 heavy (non-hydrogen) atoms. The molecular formula is C19H19ClFN3O4S. The fraction of sp³-hybridized carbons (Fsp3) is 0.263. The van der Waals surface area contributed by atoms with Crippen LogP contribution in [0.2, 0.25) is 5.02 Å². The minimum atomic E-state index is -3.73. The van der Waals surface area contributed by atoms with Crippen molar-refractivity contribution in [2.45, 2.75) is 11.8 Å². The molecule has 1 amide bonds. The number of nitrogens with zero attached hydrogens (tertiary/aromatic N) is 2. The van der Waals surface area contributed by atoms with Gasteiger partial charge in [0, 0.05) is 24.2 Å². The highest BCUT2D eigenvalue weighted by molar-refractivity contribution is 7.89. The molecule has 0 spiro atoms. The van der Waals surface area contributed by atoms with Gasteiger partial charge in [-0.05, 0) is 31.2 Å². The average Bonchev–Trinajstić information content (AvgIpc) is 2.74. The zero-order chi connectivity index (χ0) is 21.0. The van der Waals surface area contributed by atoms with Crippen molar-refractivity contribution in [3.05, 3.63) is 64.4 Å². The van der Waals surface area contributed by atoms with Crippen molar-refractivity contribution in [1.29, 1.82) is 0 Å². The first-order chi connectivity index (χ1) is 13.8. The summed E-state index contributed by atoms with van der Waals surface area (Å²) in [5.41, 5.74) is 2.80. The number of hydrazone groups is 1. The number of carbonyl (C=O) groups is 1. The molecule has 1 saturated heterocycles. The van der Waals surface area contributed by atoms with Gasteiger partial charge in [0.1, 0.15) is 0 Å². The Morgan fingerprint density at radius 2 is 1.90 bits per heavy atom. The summed E-state index contributed by atoms with van der Waals surface area (Å²) in [6, 6.07) is 10.1. The highest BCUT2D eigenvalue weighted by atomic mass is 35.5. The molecular weight excluding hydrogens is 421 g/mol. The number of amides is 1. The molecule has 3 rings (SSSR count). The van der Waals surface area contributed by atoms with Gasteiger partial charge in [-0.15, -0.1) is 0 Å². The summed E-state index contributed by atoms with van der Waals surface area (Å²) in [5, 5.41) is 3.84. The van der Waals surface area contributed by atoms with E-state index in [0.29, 0.717) is 13.2 Å². The Morgan fingerprint density at radius 1 is 1.21 bits per heavy atom. The predicted molar refractivity (Wildman–Crippen MR) is 107 cm³/mol. The van der Waals surface area contributed by atoms with E-state index < -0.39 is 21.7 Å². The van der Waals surface area contributed by atoms with E-state index in [4.69, 9.17) is 16.3 Å². The van der Waals surface area contributed by atoms with Crippen LogP contribution in [-0.2, 0) is 14.8 Å². The lowest BCUT2D eigenvalue weighted by molar-refractivity contribution is 0.0730. The van der Waals surface area contributed by atoms with Crippen molar-refractivity contribution in [1.82, 2.24) is 9.73 Å². The fourth-order valence-corrected chi connectivity index (χ4v) is 4.41. The summed E-state index contributed by atoms with van der Waals surface area (Å²) in [5.74, 6) is -1.26. The van der Waals surface area contributed by atoms with E-state index in [1.165, 1.54) is 47.6 Å². The van der Waals surface area contributed by atoms with Crippen molar-refractivity contribution in [2.24, 2.45) is 5.10 Å². The minimum absolute atomic E-state index is 0.00800. The van der Waals surface area contributed by atoms with E-state index in [9.17, 15) is 17.6 Å². The summed E-state index contributed by atoms with van der Waals surface area (Å²) in [7, 11) is -3.73. The molecule has 10 heteroatoms. The number of hydrogen-bond donors (Lipinski definition) is 1. The summed E-state index contributed by atoms with van der Waals surface area (Å²) in [6.07, 6.45) is 0. The van der Waals surface area contributed by atoms with Crippen LogP contribution >= 0.6 is 11.6 Å². The monoisotopic (exact) mass is 439 g/mol. The van der Waals surface area contributed by atoms with Crippen LogP contribution in [0, 0.1) is 5.82 Å². The molecule has 1 aliphatic rings. The molecule has 0 aliphatic carbocycles. The van der Waals surface area contributed by atoms with Crippen LogP contribution in [0.1, 0.15) is 22.8 Å². The SMILES string of the molecule is C/C(=N/NC(=O)c1cccc(S(=O)(=O)N2CCOCC2)c1)c1cccc(Cl)c1F. The van der Waals surface area contributed by atoms with Crippen LogP contribution in [-0.4, -0.2) is 50.6 Å². The second kappa shape index (κ2) is 9.00. The molecule has 1 N–H and O–H groups in total. The lowest BCUT2D eigenvalue weighted by Gasteiger charge is -2.26. The molecule has 0 saturated carbocycles. The zero-order valence-corrected chi connectivity index (χ0v) is 17.1. The topological polar surface area (TPSA) is 88.1 Å². The maximum atomic E-state index is 14.1. The molecule has 154 valence electrons. The summed E-state index contributed by atoms with van der Waals surface area (Å²) in [4.78, 5) is 12.4. The Bertz CT molecular complexity index is 1050. The Hall–Kier alpha value is -2.33. The second-order valence-electron chi connectivity index (χ2n) is 6.28. The molecule has 1 aliphatic heterocycles. The maximum Gasteiger partial charge on any atom is 0.271 e. The third kappa shape index (κ3) is 4.81. The van der Waals surface area contributed by atoms with Crippen molar-refractivity contribution < 1.29 is 22.3 Å². The van der Waals surface area contributed by atoms with Crippen molar-refractivity contribution in [3.63, 3.8) is 0 Å². The van der Waals surface area contributed by atoms with Gasteiger partial charge in [-0.25, -0.2) is 18.2 Å². The standard InChI is InChI=1S/C19H19ClFN3O4S/c1-13(16-6-3-7-17(20)18(16)21)22-23-19(25)14-4-2-5-15(12-14)29(26,27)24-8-10-28-11-9-24/h2-7,12H,8-11H2,1H3,(H,23,25)/b22-13-. The first-order valence-electron chi connectivity index (χ1n) is 8.77. The Balaban J connectivity index is 1.78. The number of nitrogens with one attached hydrogen (secondary N) is 1. The quantitative estimate of drug-likeness (QED) is 0.573. The highest BCUT2D eigenvalue weighted by Gasteiger charge is 2.26. The van der Waals surface area contributed by atoms with Gasteiger partial charge in [-0.1, -0.05) is 29.8 Å². The van der Waals surface area contributed by atoms with Crippen LogP contribution in [0.15, 0.2) is 52.5 Å². The number of benzene rings is 2. The Labute approximate surface area is 173 Å². The van der Waals surface area contributed by atoms with E-state index in [1.807, 2.05) is 0 Å². The van der Waals surface area contributed by atoms with Gasteiger partial charge < -0.3 is 4.74 Å². The summed E-state index contributed by atoms with van der Waals surface area (Å²) < 4.78 is 46.0.